The predicted octanol–water partition coefficient (Wildman–Crippen LogP) is 1.72. The monoisotopic (exact) mass is 296 g/mol. The van der Waals surface area contributed by atoms with Gasteiger partial charge in [0.25, 0.3) is 0 Å². The minimum Gasteiger partial charge on any atom is -0.480 e. The summed E-state index contributed by atoms with van der Waals surface area (Å²) >= 11 is 0. The number of amides is 1. The SMILES string of the molecule is CCCN(CC(=O)O)CC(=O)NC(C)C1CC2CCC1C2. The predicted molar refractivity (Wildman–Crippen MR) is 80.9 cm³/mol. The number of rotatable bonds is 8. The van der Waals surface area contributed by atoms with Crippen LogP contribution in [0.1, 0.15) is 46.0 Å². The first kappa shape index (κ1) is 16.3. The highest BCUT2D eigenvalue weighted by molar-refractivity contribution is 5.79. The molecule has 2 saturated carbocycles. The molecule has 1 amide bonds. The highest BCUT2D eigenvalue weighted by atomic mass is 16.4. The lowest BCUT2D eigenvalue weighted by molar-refractivity contribution is -0.138. The third-order valence-corrected chi connectivity index (χ3v) is 5.09. The van der Waals surface area contributed by atoms with Crippen LogP contribution in [0.5, 0.6) is 0 Å². The van der Waals surface area contributed by atoms with E-state index in [4.69, 9.17) is 5.11 Å². The minimum atomic E-state index is -0.877. The largest absolute Gasteiger partial charge is 0.480 e. The summed E-state index contributed by atoms with van der Waals surface area (Å²) in [6.45, 7) is 4.85. The van der Waals surface area contributed by atoms with Crippen molar-refractivity contribution < 1.29 is 14.7 Å². The Bertz CT molecular complexity index is 386. The maximum Gasteiger partial charge on any atom is 0.317 e. The topological polar surface area (TPSA) is 69.6 Å². The molecule has 21 heavy (non-hydrogen) atoms. The summed E-state index contributed by atoms with van der Waals surface area (Å²) in [5, 5.41) is 12.0. The van der Waals surface area contributed by atoms with Gasteiger partial charge in [-0.2, -0.15) is 0 Å². The van der Waals surface area contributed by atoms with Crippen LogP contribution in [0.3, 0.4) is 0 Å². The Balaban J connectivity index is 1.78. The van der Waals surface area contributed by atoms with Gasteiger partial charge in [-0.3, -0.25) is 14.5 Å². The minimum absolute atomic E-state index is 0.0417. The average Bonchev–Trinajstić information content (AvgIpc) is 3.00. The molecule has 4 atom stereocenters. The quantitative estimate of drug-likeness (QED) is 0.715. The van der Waals surface area contributed by atoms with E-state index in [1.807, 2.05) is 6.92 Å². The van der Waals surface area contributed by atoms with E-state index in [1.165, 1.54) is 25.7 Å². The normalized spacial score (nSPS) is 28.8. The molecular weight excluding hydrogens is 268 g/mol. The fraction of sp³-hybridized carbons (Fsp3) is 0.875. The first-order valence-corrected chi connectivity index (χ1v) is 8.23. The highest BCUT2D eigenvalue weighted by Crippen LogP contribution is 2.49. The summed E-state index contributed by atoms with van der Waals surface area (Å²) in [7, 11) is 0. The Kier molecular flexibility index (Phi) is 5.62. The molecule has 0 aliphatic heterocycles. The number of carboxylic acids is 1. The first-order chi connectivity index (χ1) is 9.99. The number of hydrogen-bond acceptors (Lipinski definition) is 3. The number of aliphatic carboxylic acids is 1. The molecule has 0 aromatic carbocycles. The van der Waals surface area contributed by atoms with Gasteiger partial charge in [-0.05, 0) is 56.9 Å². The number of nitrogens with zero attached hydrogens (tertiary/aromatic N) is 1. The maximum atomic E-state index is 12.1. The summed E-state index contributed by atoms with van der Waals surface area (Å²) < 4.78 is 0. The van der Waals surface area contributed by atoms with Crippen molar-refractivity contribution in [2.75, 3.05) is 19.6 Å². The van der Waals surface area contributed by atoms with Crippen LogP contribution in [-0.4, -0.2) is 47.6 Å². The van der Waals surface area contributed by atoms with Crippen LogP contribution in [0.2, 0.25) is 0 Å². The molecule has 0 aromatic heterocycles. The molecule has 2 N–H and O–H groups in total. The Morgan fingerprint density at radius 3 is 2.57 bits per heavy atom. The number of carboxylic acid groups (broad SMARTS) is 1. The molecule has 2 bridgehead atoms. The van der Waals surface area contributed by atoms with Crippen molar-refractivity contribution in [1.82, 2.24) is 10.2 Å². The highest BCUT2D eigenvalue weighted by Gasteiger charge is 2.42. The molecular formula is C16H28N2O3. The molecule has 5 nitrogen and oxygen atoms in total. The van der Waals surface area contributed by atoms with Crippen LogP contribution in [-0.2, 0) is 9.59 Å². The summed E-state index contributed by atoms with van der Waals surface area (Å²) in [4.78, 5) is 24.6. The lowest BCUT2D eigenvalue weighted by Gasteiger charge is -2.29. The van der Waals surface area contributed by atoms with Crippen LogP contribution in [0.15, 0.2) is 0 Å². The van der Waals surface area contributed by atoms with Gasteiger partial charge in [0, 0.05) is 6.04 Å². The van der Waals surface area contributed by atoms with E-state index in [0.29, 0.717) is 12.5 Å². The second kappa shape index (κ2) is 7.25. The lowest BCUT2D eigenvalue weighted by Crippen LogP contribution is -2.46. The Hall–Kier alpha value is -1.10. The van der Waals surface area contributed by atoms with E-state index >= 15 is 0 Å². The van der Waals surface area contributed by atoms with Gasteiger partial charge in [-0.25, -0.2) is 0 Å². The van der Waals surface area contributed by atoms with Crippen LogP contribution in [0.4, 0.5) is 0 Å². The number of carbonyl (C=O) groups is 2. The first-order valence-electron chi connectivity index (χ1n) is 8.23. The number of carbonyl (C=O) groups excluding carboxylic acids is 1. The molecule has 4 unspecified atom stereocenters. The van der Waals surface area contributed by atoms with Gasteiger partial charge in [-0.1, -0.05) is 13.3 Å². The fourth-order valence-electron chi connectivity index (χ4n) is 4.24. The van der Waals surface area contributed by atoms with Gasteiger partial charge in [0.2, 0.25) is 5.91 Å². The lowest BCUT2D eigenvalue weighted by atomic mass is 9.84. The third kappa shape index (κ3) is 4.43. The molecule has 2 aliphatic rings. The number of nitrogens with one attached hydrogen (secondary N) is 1. The molecule has 5 heteroatoms. The zero-order chi connectivity index (χ0) is 15.4. The van der Waals surface area contributed by atoms with Gasteiger partial charge in [0.1, 0.15) is 0 Å². The van der Waals surface area contributed by atoms with Gasteiger partial charge in [-0.15, -0.1) is 0 Å². The van der Waals surface area contributed by atoms with Crippen LogP contribution in [0, 0.1) is 17.8 Å². The maximum absolute atomic E-state index is 12.1. The van der Waals surface area contributed by atoms with Crippen molar-refractivity contribution in [2.24, 2.45) is 17.8 Å². The molecule has 2 fully saturated rings. The van der Waals surface area contributed by atoms with Crippen molar-refractivity contribution >= 4 is 11.9 Å². The molecule has 0 aromatic rings. The zero-order valence-electron chi connectivity index (χ0n) is 13.2. The smallest absolute Gasteiger partial charge is 0.317 e. The van der Waals surface area contributed by atoms with E-state index < -0.39 is 5.97 Å². The van der Waals surface area contributed by atoms with Crippen molar-refractivity contribution in [3.05, 3.63) is 0 Å². The Morgan fingerprint density at radius 2 is 2.05 bits per heavy atom. The van der Waals surface area contributed by atoms with Crippen molar-refractivity contribution in [3.8, 4) is 0 Å². The standard InChI is InChI=1S/C16H28N2O3/c1-3-6-18(10-16(20)21)9-15(19)17-11(2)14-8-12-4-5-13(14)7-12/h11-14H,3-10H2,1-2H3,(H,17,19)(H,20,21). The van der Waals surface area contributed by atoms with E-state index in [-0.39, 0.29) is 25.0 Å². The molecule has 2 rings (SSSR count). The molecule has 120 valence electrons. The van der Waals surface area contributed by atoms with Gasteiger partial charge >= 0.3 is 5.97 Å². The second-order valence-electron chi connectivity index (χ2n) is 6.80. The van der Waals surface area contributed by atoms with Crippen LogP contribution < -0.4 is 5.32 Å². The van der Waals surface area contributed by atoms with E-state index in [0.717, 1.165) is 18.3 Å². The molecule has 0 radical (unpaired) electrons. The summed E-state index contributed by atoms with van der Waals surface area (Å²) in [5.41, 5.74) is 0. The van der Waals surface area contributed by atoms with Crippen molar-refractivity contribution in [2.45, 2.75) is 52.0 Å². The zero-order valence-corrected chi connectivity index (χ0v) is 13.2. The van der Waals surface area contributed by atoms with Crippen LogP contribution in [0.25, 0.3) is 0 Å². The number of hydrogen-bond donors (Lipinski definition) is 2. The molecule has 0 heterocycles. The second-order valence-corrected chi connectivity index (χ2v) is 6.80. The van der Waals surface area contributed by atoms with Gasteiger partial charge < -0.3 is 10.4 Å². The molecule has 0 saturated heterocycles. The summed E-state index contributed by atoms with van der Waals surface area (Å²) in [6.07, 6.45) is 6.12. The van der Waals surface area contributed by atoms with Crippen molar-refractivity contribution in [3.63, 3.8) is 0 Å². The van der Waals surface area contributed by atoms with E-state index in [2.05, 4.69) is 12.2 Å². The van der Waals surface area contributed by atoms with E-state index in [9.17, 15) is 9.59 Å². The van der Waals surface area contributed by atoms with Gasteiger partial charge in [0.05, 0.1) is 13.1 Å². The number of fused-ring (bicyclic) bond motifs is 2. The fourth-order valence-corrected chi connectivity index (χ4v) is 4.24. The Labute approximate surface area is 127 Å². The van der Waals surface area contributed by atoms with Crippen LogP contribution >= 0.6 is 0 Å². The molecule has 2 aliphatic carbocycles. The summed E-state index contributed by atoms with van der Waals surface area (Å²) in [6, 6.07) is 0.209. The van der Waals surface area contributed by atoms with Gasteiger partial charge in [0.15, 0.2) is 0 Å². The third-order valence-electron chi connectivity index (χ3n) is 5.09. The Morgan fingerprint density at radius 1 is 1.29 bits per heavy atom. The molecule has 0 spiro atoms. The van der Waals surface area contributed by atoms with Crippen molar-refractivity contribution in [1.29, 1.82) is 0 Å². The van der Waals surface area contributed by atoms with E-state index in [1.54, 1.807) is 4.90 Å². The summed E-state index contributed by atoms with van der Waals surface area (Å²) in [5.74, 6) is 1.36. The average molecular weight is 296 g/mol.